The summed E-state index contributed by atoms with van der Waals surface area (Å²) in [6, 6.07) is 10.5. The average molecular weight is 1090 g/mol. The molecule has 0 bridgehead atoms. The molecule has 4 aromatic rings. The van der Waals surface area contributed by atoms with Crippen LogP contribution in [0, 0.1) is 22.7 Å². The lowest BCUT2D eigenvalue weighted by molar-refractivity contribution is -0.140. The Hall–Kier alpha value is -7.06. The van der Waals surface area contributed by atoms with Crippen LogP contribution in [-0.4, -0.2) is 157 Å². The number of aldehydes is 2. The highest BCUT2D eigenvalue weighted by Gasteiger charge is 2.32. The van der Waals surface area contributed by atoms with E-state index in [0.717, 1.165) is 41.7 Å². The van der Waals surface area contributed by atoms with Gasteiger partial charge in [0, 0.05) is 112 Å². The van der Waals surface area contributed by atoms with Gasteiger partial charge in [-0.05, 0) is 93.2 Å². The first kappa shape index (κ1) is 56.2. The Morgan fingerprint density at radius 3 is 1.69 bits per heavy atom. The van der Waals surface area contributed by atoms with Gasteiger partial charge in [-0.3, -0.25) is 39.6 Å². The van der Waals surface area contributed by atoms with E-state index in [2.05, 4.69) is 42.7 Å². The maximum Gasteiger partial charge on any atom is 0.328 e. The van der Waals surface area contributed by atoms with Gasteiger partial charge in [0.05, 0.1) is 24.3 Å². The van der Waals surface area contributed by atoms with Crippen LogP contribution >= 0.6 is 23.5 Å². The predicted octanol–water partition coefficient (Wildman–Crippen LogP) is 6.19. The zero-order valence-electron chi connectivity index (χ0n) is 43.2. The highest BCUT2D eigenvalue weighted by molar-refractivity contribution is 8.00. The molecule has 0 unspecified atom stereocenters. The number of hydrogen-bond acceptors (Lipinski definition) is 18. The fourth-order valence-electron chi connectivity index (χ4n) is 9.44. The monoisotopic (exact) mass is 1090 g/mol. The second-order valence-electron chi connectivity index (χ2n) is 18.8. The number of amides is 6. The number of anilines is 4. The number of carbonyl (C=O) groups is 6. The largest absolute Gasteiger partial charge is 0.384 e. The third-order valence-electron chi connectivity index (χ3n) is 13.4. The predicted molar refractivity (Wildman–Crippen MR) is 285 cm³/mol. The number of rotatable bonds is 16. The third-order valence-corrected chi connectivity index (χ3v) is 15.7. The van der Waals surface area contributed by atoms with E-state index in [4.69, 9.17) is 18.9 Å². The van der Waals surface area contributed by atoms with Crippen LogP contribution in [-0.2, 0) is 54.5 Å². The van der Waals surface area contributed by atoms with E-state index in [1.54, 1.807) is 54.9 Å². The van der Waals surface area contributed by atoms with Gasteiger partial charge in [0.2, 0.25) is 0 Å². The first-order valence-corrected chi connectivity index (χ1v) is 27.3. The Morgan fingerprint density at radius 2 is 1.25 bits per heavy atom. The fraction of sp³-hybridized carbons (Fsp3) is 0.472. The van der Waals surface area contributed by atoms with E-state index in [1.165, 1.54) is 34.0 Å². The molecule has 3 fully saturated rings. The fourth-order valence-corrected chi connectivity index (χ4v) is 11.5. The van der Waals surface area contributed by atoms with Gasteiger partial charge in [-0.25, -0.2) is 29.5 Å². The molecular weight excluding hydrogens is 1030 g/mol. The summed E-state index contributed by atoms with van der Waals surface area (Å²) in [4.78, 5) is 101. The second-order valence-corrected chi connectivity index (χ2v) is 21.3. The first-order chi connectivity index (χ1) is 37.4. The number of aryl methyl sites for hydroxylation is 2. The molecule has 0 aromatic carbocycles. The SMILES string of the molecule is CN(Cc1cc2c(nc1C=O)N(C(=O)Nc1cc(S[C@H]3CCOC3)c(C#N)cn1)CCC2)C(=O)[C@H]1CCCO1.COCCSc1cc(NC(=O)N2CCCc3cc(CN(C)C(=O)[C@H]4CCCO4)c(C=O)nc32)ncc1C#N. The molecule has 0 aliphatic carbocycles. The van der Waals surface area contributed by atoms with Crippen LogP contribution in [0.25, 0.3) is 0 Å². The van der Waals surface area contributed by atoms with Gasteiger partial charge in [0.25, 0.3) is 11.8 Å². The van der Waals surface area contributed by atoms with Crippen LogP contribution in [0.4, 0.5) is 32.9 Å². The van der Waals surface area contributed by atoms with Crippen molar-refractivity contribution in [2.45, 2.75) is 98.1 Å². The molecule has 5 aliphatic heterocycles. The van der Waals surface area contributed by atoms with Crippen LogP contribution in [0.5, 0.6) is 0 Å². The van der Waals surface area contributed by atoms with Gasteiger partial charge in [0.15, 0.2) is 12.6 Å². The molecule has 9 rings (SSSR count). The van der Waals surface area contributed by atoms with E-state index in [-0.39, 0.29) is 41.5 Å². The summed E-state index contributed by atoms with van der Waals surface area (Å²) in [6.07, 6.45) is 10.1. The van der Waals surface area contributed by atoms with Gasteiger partial charge >= 0.3 is 12.1 Å². The number of fused-ring (bicyclic) bond motifs is 2. The standard InChI is InChI=1S/C27H30N6O5S.C26H30N6O5S/c1-32(26(35)22-5-3-8-38-22)14-18-10-17-4-2-7-33(25(17)30-21(18)15-34)27(36)31-24-11-23(19(12-28)13-29-24)39-20-6-9-37-16-20;1-31(25(34)21-6-4-8-37-21)15-18-11-17-5-3-7-32(24(17)29-20(18)16-33)26(35)30-23-12-22(38-10-9-36-2)19(13-27)14-28-23/h10-11,13,15,20,22H,2-9,14,16H2,1H3,(H,29,31,36);11-12,14,16,21H,3-10,15H2,1-2H3,(H,28,30,35)/t20-,22+;21-/m01/s1. The molecule has 5 aliphatic rings. The number of nitrogens with one attached hydrogen (secondary N) is 2. The molecule has 0 saturated carbocycles. The van der Waals surface area contributed by atoms with Crippen molar-refractivity contribution in [2.24, 2.45) is 0 Å². The molecule has 2 N–H and O–H groups in total. The van der Waals surface area contributed by atoms with Crippen molar-refractivity contribution in [1.82, 2.24) is 29.7 Å². The van der Waals surface area contributed by atoms with Gasteiger partial charge < -0.3 is 28.7 Å². The lowest BCUT2D eigenvalue weighted by Gasteiger charge is -2.29. The zero-order valence-corrected chi connectivity index (χ0v) is 44.8. The quantitative estimate of drug-likeness (QED) is 0.0719. The lowest BCUT2D eigenvalue weighted by Crippen LogP contribution is -2.40. The number of nitriles is 2. The molecule has 22 nitrogen and oxygen atoms in total. The molecule has 3 saturated heterocycles. The number of hydrogen-bond donors (Lipinski definition) is 2. The van der Waals surface area contributed by atoms with Crippen molar-refractivity contribution in [2.75, 3.05) is 93.5 Å². The maximum atomic E-state index is 13.3. The molecule has 77 heavy (non-hydrogen) atoms. The number of likely N-dealkylation sites (N-methyl/N-ethyl adjacent to an activating group) is 2. The summed E-state index contributed by atoms with van der Waals surface area (Å²) < 4.78 is 21.5. The number of urea groups is 2. The Balaban J connectivity index is 0.000000204. The molecule has 9 heterocycles. The minimum atomic E-state index is -0.445. The van der Waals surface area contributed by atoms with E-state index in [9.17, 15) is 39.3 Å². The summed E-state index contributed by atoms with van der Waals surface area (Å²) >= 11 is 2.99. The summed E-state index contributed by atoms with van der Waals surface area (Å²) in [5, 5.41) is 24.7. The minimum Gasteiger partial charge on any atom is -0.384 e. The molecule has 0 radical (unpaired) electrons. The van der Waals surface area contributed by atoms with Crippen molar-refractivity contribution in [3.8, 4) is 12.1 Å². The molecule has 24 heteroatoms. The average Bonchev–Trinajstić information content (AvgIpc) is 4.31. The van der Waals surface area contributed by atoms with E-state index in [0.29, 0.717) is 147 Å². The highest BCUT2D eigenvalue weighted by Crippen LogP contribution is 2.34. The van der Waals surface area contributed by atoms with Crippen LogP contribution in [0.1, 0.15) is 99.3 Å². The number of pyridine rings is 4. The first-order valence-electron chi connectivity index (χ1n) is 25.4. The van der Waals surface area contributed by atoms with Gasteiger partial charge in [-0.15, -0.1) is 23.5 Å². The normalized spacial score (nSPS) is 18.4. The van der Waals surface area contributed by atoms with E-state index in [1.807, 2.05) is 12.1 Å². The number of carbonyl (C=O) groups excluding carboxylic acids is 6. The van der Waals surface area contributed by atoms with E-state index < -0.39 is 24.3 Å². The Kier molecular flexibility index (Phi) is 19.6. The number of aromatic nitrogens is 4. The Morgan fingerprint density at radius 1 is 0.740 bits per heavy atom. The van der Waals surface area contributed by atoms with Crippen molar-refractivity contribution < 1.29 is 47.7 Å². The smallest absolute Gasteiger partial charge is 0.328 e. The van der Waals surface area contributed by atoms with Gasteiger partial charge in [0.1, 0.15) is 59.0 Å². The van der Waals surface area contributed by atoms with Crippen molar-refractivity contribution >= 4 is 83.2 Å². The number of thioether (sulfide) groups is 2. The molecular formula is C53H60N12O10S2. The second kappa shape index (κ2) is 26.8. The van der Waals surface area contributed by atoms with Gasteiger partial charge in [-0.2, -0.15) is 10.5 Å². The molecule has 3 atom stereocenters. The summed E-state index contributed by atoms with van der Waals surface area (Å²) in [5.74, 6) is 1.89. The maximum absolute atomic E-state index is 13.3. The summed E-state index contributed by atoms with van der Waals surface area (Å²) in [6.45, 7) is 4.29. The number of nitrogens with zero attached hydrogens (tertiary/aromatic N) is 10. The Bertz CT molecular complexity index is 2940. The molecule has 0 spiro atoms. The van der Waals surface area contributed by atoms with Crippen LogP contribution in [0.15, 0.2) is 46.5 Å². The van der Waals surface area contributed by atoms with E-state index >= 15 is 0 Å². The Labute approximate surface area is 454 Å². The summed E-state index contributed by atoms with van der Waals surface area (Å²) in [5.41, 5.74) is 4.15. The third kappa shape index (κ3) is 13.9. The molecule has 6 amide bonds. The number of ether oxygens (including phenoxy) is 4. The van der Waals surface area contributed by atoms with Gasteiger partial charge in [-0.1, -0.05) is 0 Å². The van der Waals surface area contributed by atoms with Crippen molar-refractivity contribution in [3.63, 3.8) is 0 Å². The topological polar surface area (TPSA) is 276 Å². The minimum absolute atomic E-state index is 0.115. The zero-order chi connectivity index (χ0) is 54.4. The molecule has 404 valence electrons. The lowest BCUT2D eigenvalue weighted by atomic mass is 10.0. The highest BCUT2D eigenvalue weighted by atomic mass is 32.2. The van der Waals surface area contributed by atoms with Crippen LogP contribution < -0.4 is 20.4 Å². The van der Waals surface area contributed by atoms with Crippen LogP contribution in [0.3, 0.4) is 0 Å². The van der Waals surface area contributed by atoms with Crippen molar-refractivity contribution in [3.05, 3.63) is 81.4 Å². The molecule has 4 aromatic heterocycles. The summed E-state index contributed by atoms with van der Waals surface area (Å²) in [7, 11) is 4.98. The number of methoxy groups -OCH3 is 1. The van der Waals surface area contributed by atoms with Crippen molar-refractivity contribution in [1.29, 1.82) is 10.5 Å². The van der Waals surface area contributed by atoms with Crippen LogP contribution in [0.2, 0.25) is 0 Å².